The summed E-state index contributed by atoms with van der Waals surface area (Å²) in [5.74, 6) is 0. The van der Waals surface area contributed by atoms with Crippen molar-refractivity contribution >= 4 is 22.5 Å². The maximum atomic E-state index is 13.0. The van der Waals surface area contributed by atoms with Crippen molar-refractivity contribution in [3.63, 3.8) is 0 Å². The molecule has 8 nitrogen and oxygen atoms in total. The first-order valence-corrected chi connectivity index (χ1v) is 12.2. The Balaban J connectivity index is 1.41. The van der Waals surface area contributed by atoms with Gasteiger partial charge in [0.25, 0.3) is 0 Å². The molecule has 2 fully saturated rings. The largest absolute Gasteiger partial charge is 0.378 e. The normalized spacial score (nSPS) is 16.7. The van der Waals surface area contributed by atoms with Gasteiger partial charge in [-0.2, -0.15) is 5.26 Å². The van der Waals surface area contributed by atoms with Crippen LogP contribution in [-0.2, 0) is 4.74 Å². The lowest BCUT2D eigenvalue weighted by Gasteiger charge is -2.42. The molecule has 2 aromatic heterocycles. The molecule has 1 aromatic carbocycles. The molecule has 5 rings (SSSR count). The van der Waals surface area contributed by atoms with Crippen molar-refractivity contribution in [2.24, 2.45) is 0 Å². The third-order valence-corrected chi connectivity index (χ3v) is 7.21. The van der Waals surface area contributed by atoms with Crippen LogP contribution < -0.4 is 5.32 Å². The first-order chi connectivity index (χ1) is 16.5. The molecule has 174 valence electrons. The molecule has 3 aromatic rings. The number of thiazole rings is 1. The number of pyridine rings is 1. The van der Waals surface area contributed by atoms with Crippen LogP contribution in [0.4, 0.5) is 9.93 Å². The van der Waals surface area contributed by atoms with E-state index in [1.54, 1.807) is 6.07 Å². The molecule has 9 heteroatoms. The van der Waals surface area contributed by atoms with E-state index in [-0.39, 0.29) is 6.03 Å². The second-order valence-electron chi connectivity index (χ2n) is 8.67. The molecule has 0 saturated carbocycles. The van der Waals surface area contributed by atoms with Gasteiger partial charge in [-0.25, -0.2) is 9.78 Å². The molecule has 34 heavy (non-hydrogen) atoms. The number of benzene rings is 1. The number of piperazine rings is 1. The molecule has 0 aliphatic carbocycles. The highest BCUT2D eigenvalue weighted by Crippen LogP contribution is 2.39. The number of carbonyl (C=O) groups excluding carboxylic acids is 1. The van der Waals surface area contributed by atoms with Crippen LogP contribution in [0.2, 0.25) is 0 Å². The lowest BCUT2D eigenvalue weighted by molar-refractivity contribution is -0.0737. The van der Waals surface area contributed by atoms with Gasteiger partial charge in [0, 0.05) is 43.1 Å². The standard InChI is InChI=1S/C25H26N6O2S/c1-16-10-20(11-17(2)27-16)23-22(19-5-3-4-18(12-19)13-26)28-24(34-23)29-25(32)31-8-6-30(7-9-31)21-14-33-15-21/h3-5,10-12,21H,6-9,14-15H2,1-2H3,(H,28,29,32). The number of ether oxygens (including phenoxy) is 1. The molecule has 2 amide bonds. The zero-order valence-electron chi connectivity index (χ0n) is 19.2. The highest BCUT2D eigenvalue weighted by molar-refractivity contribution is 7.19. The van der Waals surface area contributed by atoms with Crippen LogP contribution in [0.25, 0.3) is 21.7 Å². The number of aryl methyl sites for hydroxylation is 2. The number of nitrogens with one attached hydrogen (secondary N) is 1. The maximum absolute atomic E-state index is 13.0. The van der Waals surface area contributed by atoms with Gasteiger partial charge in [0.05, 0.1) is 41.5 Å². The van der Waals surface area contributed by atoms with Gasteiger partial charge in [-0.15, -0.1) is 0 Å². The quantitative estimate of drug-likeness (QED) is 0.616. The summed E-state index contributed by atoms with van der Waals surface area (Å²) >= 11 is 1.44. The van der Waals surface area contributed by atoms with Crippen LogP contribution >= 0.6 is 11.3 Å². The van der Waals surface area contributed by atoms with Gasteiger partial charge < -0.3 is 9.64 Å². The molecule has 2 saturated heterocycles. The van der Waals surface area contributed by atoms with Gasteiger partial charge >= 0.3 is 6.03 Å². The Morgan fingerprint density at radius 3 is 2.47 bits per heavy atom. The van der Waals surface area contributed by atoms with E-state index < -0.39 is 0 Å². The van der Waals surface area contributed by atoms with Gasteiger partial charge in [-0.05, 0) is 43.7 Å². The summed E-state index contributed by atoms with van der Waals surface area (Å²) in [6, 6.07) is 14.0. The number of hydrogen-bond acceptors (Lipinski definition) is 7. The van der Waals surface area contributed by atoms with Crippen molar-refractivity contribution in [2.45, 2.75) is 19.9 Å². The molecule has 0 radical (unpaired) electrons. The zero-order chi connectivity index (χ0) is 23.7. The summed E-state index contributed by atoms with van der Waals surface area (Å²) in [7, 11) is 0. The summed E-state index contributed by atoms with van der Waals surface area (Å²) in [6.07, 6.45) is 0. The number of hydrogen-bond donors (Lipinski definition) is 1. The summed E-state index contributed by atoms with van der Waals surface area (Å²) in [4.78, 5) is 27.5. The maximum Gasteiger partial charge on any atom is 0.323 e. The van der Waals surface area contributed by atoms with Crippen molar-refractivity contribution in [2.75, 3.05) is 44.7 Å². The molecular formula is C25H26N6O2S. The summed E-state index contributed by atoms with van der Waals surface area (Å²) in [5, 5.41) is 12.9. The van der Waals surface area contributed by atoms with Crippen LogP contribution in [0, 0.1) is 25.2 Å². The lowest BCUT2D eigenvalue weighted by Crippen LogP contribution is -2.57. The number of aromatic nitrogens is 2. The predicted octanol–water partition coefficient (Wildman–Crippen LogP) is 3.91. The highest BCUT2D eigenvalue weighted by atomic mass is 32.1. The van der Waals surface area contributed by atoms with Crippen LogP contribution in [0.5, 0.6) is 0 Å². The van der Waals surface area contributed by atoms with Crippen molar-refractivity contribution in [1.29, 1.82) is 5.26 Å². The van der Waals surface area contributed by atoms with Crippen LogP contribution in [0.3, 0.4) is 0 Å². The fourth-order valence-electron chi connectivity index (χ4n) is 4.36. The Labute approximate surface area is 202 Å². The fraction of sp³-hybridized carbons (Fsp3) is 0.360. The predicted molar refractivity (Wildman–Crippen MR) is 132 cm³/mol. The Morgan fingerprint density at radius 2 is 1.82 bits per heavy atom. The van der Waals surface area contributed by atoms with Crippen LogP contribution in [0.15, 0.2) is 36.4 Å². The summed E-state index contributed by atoms with van der Waals surface area (Å²) in [5.41, 5.74) is 4.99. The number of amides is 2. The van der Waals surface area contributed by atoms with Gasteiger partial charge in [-0.3, -0.25) is 15.2 Å². The van der Waals surface area contributed by atoms with Crippen molar-refractivity contribution in [1.82, 2.24) is 19.8 Å². The summed E-state index contributed by atoms with van der Waals surface area (Å²) in [6.45, 7) is 8.58. The first kappa shape index (κ1) is 22.5. The van der Waals surface area contributed by atoms with Gasteiger partial charge in [0.2, 0.25) is 0 Å². The molecular weight excluding hydrogens is 448 g/mol. The zero-order valence-corrected chi connectivity index (χ0v) is 20.1. The molecule has 1 N–H and O–H groups in total. The number of urea groups is 1. The summed E-state index contributed by atoms with van der Waals surface area (Å²) < 4.78 is 5.29. The Kier molecular flexibility index (Phi) is 6.28. The van der Waals surface area contributed by atoms with E-state index in [4.69, 9.17) is 9.72 Å². The van der Waals surface area contributed by atoms with E-state index in [0.29, 0.717) is 29.8 Å². The SMILES string of the molecule is Cc1cc(-c2sc(NC(=O)N3CCN(C4COC4)CC3)nc2-c2cccc(C#N)c2)cc(C)n1. The number of nitrogens with zero attached hydrogens (tertiary/aromatic N) is 5. The van der Waals surface area contributed by atoms with Crippen molar-refractivity contribution in [3.05, 3.63) is 53.3 Å². The molecule has 0 spiro atoms. The second-order valence-corrected chi connectivity index (χ2v) is 9.67. The Bertz CT molecular complexity index is 1230. The minimum atomic E-state index is -0.135. The van der Waals surface area contributed by atoms with Gasteiger partial charge in [0.1, 0.15) is 0 Å². The monoisotopic (exact) mass is 474 g/mol. The molecule has 0 bridgehead atoms. The van der Waals surface area contributed by atoms with Gasteiger partial charge in [0.15, 0.2) is 5.13 Å². The molecule has 0 unspecified atom stereocenters. The Hall–Kier alpha value is -3.32. The van der Waals surface area contributed by atoms with Crippen LogP contribution in [-0.4, -0.2) is 71.2 Å². The van der Waals surface area contributed by atoms with E-state index in [9.17, 15) is 10.1 Å². The van der Waals surface area contributed by atoms with E-state index in [1.807, 2.05) is 49.1 Å². The van der Waals surface area contributed by atoms with Gasteiger partial charge in [-0.1, -0.05) is 23.5 Å². The molecule has 2 aliphatic rings. The number of nitriles is 1. The molecule has 4 heterocycles. The average Bonchev–Trinajstić information content (AvgIpc) is 3.22. The minimum Gasteiger partial charge on any atom is -0.378 e. The minimum absolute atomic E-state index is 0.135. The topological polar surface area (TPSA) is 94.4 Å². The van der Waals surface area contributed by atoms with E-state index in [0.717, 1.165) is 59.4 Å². The smallest absolute Gasteiger partial charge is 0.323 e. The third-order valence-electron chi connectivity index (χ3n) is 6.19. The molecule has 2 aliphatic heterocycles. The number of carbonyl (C=O) groups is 1. The highest BCUT2D eigenvalue weighted by Gasteiger charge is 2.30. The second kappa shape index (κ2) is 9.50. The van der Waals surface area contributed by atoms with Crippen molar-refractivity contribution in [3.8, 4) is 27.8 Å². The third kappa shape index (κ3) is 4.66. The average molecular weight is 475 g/mol. The molecule has 0 atom stereocenters. The fourth-order valence-corrected chi connectivity index (χ4v) is 5.33. The number of anilines is 1. The van der Waals surface area contributed by atoms with E-state index >= 15 is 0 Å². The van der Waals surface area contributed by atoms with E-state index in [1.165, 1.54) is 11.3 Å². The lowest BCUT2D eigenvalue weighted by atomic mass is 10.0. The van der Waals surface area contributed by atoms with Crippen LogP contribution in [0.1, 0.15) is 17.0 Å². The Morgan fingerprint density at radius 1 is 1.09 bits per heavy atom. The van der Waals surface area contributed by atoms with Crippen molar-refractivity contribution < 1.29 is 9.53 Å². The first-order valence-electron chi connectivity index (χ1n) is 11.3. The number of rotatable bonds is 4. The van der Waals surface area contributed by atoms with E-state index in [2.05, 4.69) is 21.3 Å².